The van der Waals surface area contributed by atoms with Gasteiger partial charge in [0.15, 0.2) is 5.96 Å². The molecule has 134 valence electrons. The molecule has 0 spiro atoms. The van der Waals surface area contributed by atoms with Crippen LogP contribution in [0.25, 0.3) is 0 Å². The molecule has 0 saturated carbocycles. The molecule has 1 aromatic carbocycles. The third-order valence-electron chi connectivity index (χ3n) is 4.28. The zero-order valence-electron chi connectivity index (χ0n) is 15.1. The normalized spacial score (nSPS) is 17.5. The van der Waals surface area contributed by atoms with Crippen LogP contribution in [0.3, 0.4) is 0 Å². The summed E-state index contributed by atoms with van der Waals surface area (Å²) in [5.74, 6) is 1.34. The fourth-order valence-electron chi connectivity index (χ4n) is 2.79. The molecule has 0 radical (unpaired) electrons. The molecule has 24 heavy (non-hydrogen) atoms. The molecule has 0 amide bonds. The van der Waals surface area contributed by atoms with Crippen LogP contribution >= 0.6 is 0 Å². The van der Waals surface area contributed by atoms with Crippen LogP contribution < -0.4 is 10.6 Å². The van der Waals surface area contributed by atoms with Crippen molar-refractivity contribution in [2.75, 3.05) is 52.5 Å². The lowest BCUT2D eigenvalue weighted by atomic mass is 10.0. The van der Waals surface area contributed by atoms with Gasteiger partial charge in [-0.15, -0.1) is 0 Å². The van der Waals surface area contributed by atoms with Crippen molar-refractivity contribution in [2.45, 2.75) is 26.2 Å². The lowest BCUT2D eigenvalue weighted by Crippen LogP contribution is -2.40. The molecule has 1 fully saturated rings. The Hall–Kier alpha value is -1.59. The Morgan fingerprint density at radius 3 is 2.67 bits per heavy atom. The summed E-state index contributed by atoms with van der Waals surface area (Å²) in [7, 11) is 0. The molecule has 5 nitrogen and oxygen atoms in total. The maximum absolute atomic E-state index is 5.38. The number of hydrogen-bond donors (Lipinski definition) is 2. The highest BCUT2D eigenvalue weighted by Gasteiger charge is 2.09. The van der Waals surface area contributed by atoms with Crippen LogP contribution in [0.2, 0.25) is 0 Å². The van der Waals surface area contributed by atoms with Crippen molar-refractivity contribution in [1.29, 1.82) is 0 Å². The average molecular weight is 332 g/mol. The van der Waals surface area contributed by atoms with Gasteiger partial charge in [-0.05, 0) is 25.5 Å². The molecule has 2 rings (SSSR count). The summed E-state index contributed by atoms with van der Waals surface area (Å²) < 4.78 is 5.38. The van der Waals surface area contributed by atoms with E-state index in [-0.39, 0.29) is 0 Å². The van der Waals surface area contributed by atoms with E-state index in [0.717, 1.165) is 64.9 Å². The standard InChI is InChI=1S/C19H32N4O/c1-3-20-19(21-10-7-11-23-12-14-24-15-13-23)22-16-17(2)18-8-5-4-6-9-18/h4-6,8-9,17H,3,7,10-16H2,1-2H3,(H2,20,21,22). The number of rotatable bonds is 8. The summed E-state index contributed by atoms with van der Waals surface area (Å²) in [6.45, 7) is 11.9. The molecule has 1 aliphatic heterocycles. The van der Waals surface area contributed by atoms with Gasteiger partial charge in [-0.25, -0.2) is 0 Å². The van der Waals surface area contributed by atoms with Gasteiger partial charge in [0.1, 0.15) is 0 Å². The summed E-state index contributed by atoms with van der Waals surface area (Å²) in [5, 5.41) is 6.78. The largest absolute Gasteiger partial charge is 0.379 e. The van der Waals surface area contributed by atoms with Crippen LogP contribution in [0.4, 0.5) is 0 Å². The Morgan fingerprint density at radius 2 is 1.96 bits per heavy atom. The fraction of sp³-hybridized carbons (Fsp3) is 0.632. The molecule has 0 aromatic heterocycles. The number of aliphatic imine (C=N–C) groups is 1. The summed E-state index contributed by atoms with van der Waals surface area (Å²) in [6, 6.07) is 10.6. The highest BCUT2D eigenvalue weighted by Crippen LogP contribution is 2.14. The number of nitrogens with zero attached hydrogens (tertiary/aromatic N) is 2. The Balaban J connectivity index is 1.71. The van der Waals surface area contributed by atoms with Gasteiger partial charge in [0.25, 0.3) is 0 Å². The van der Waals surface area contributed by atoms with Gasteiger partial charge in [-0.1, -0.05) is 37.3 Å². The lowest BCUT2D eigenvalue weighted by Gasteiger charge is -2.26. The third kappa shape index (κ3) is 6.89. The molecule has 0 bridgehead atoms. The van der Waals surface area contributed by atoms with E-state index in [4.69, 9.17) is 9.73 Å². The van der Waals surface area contributed by atoms with Crippen LogP contribution in [0.1, 0.15) is 31.7 Å². The quantitative estimate of drug-likeness (QED) is 0.435. The van der Waals surface area contributed by atoms with Crippen molar-refractivity contribution < 1.29 is 4.74 Å². The van der Waals surface area contributed by atoms with E-state index < -0.39 is 0 Å². The van der Waals surface area contributed by atoms with E-state index in [0.29, 0.717) is 5.92 Å². The molecule has 1 aromatic rings. The molecular formula is C19H32N4O. The summed E-state index contributed by atoms with van der Waals surface area (Å²) >= 11 is 0. The maximum atomic E-state index is 5.38. The van der Waals surface area contributed by atoms with E-state index in [9.17, 15) is 0 Å². The third-order valence-corrected chi connectivity index (χ3v) is 4.28. The monoisotopic (exact) mass is 332 g/mol. The Bertz CT molecular complexity index is 472. The molecule has 1 heterocycles. The van der Waals surface area contributed by atoms with E-state index in [2.05, 4.69) is 59.7 Å². The second-order valence-corrected chi connectivity index (χ2v) is 6.27. The smallest absolute Gasteiger partial charge is 0.191 e. The number of ether oxygens (including phenoxy) is 1. The van der Waals surface area contributed by atoms with Gasteiger partial charge in [0, 0.05) is 38.6 Å². The van der Waals surface area contributed by atoms with E-state index in [1.807, 2.05) is 0 Å². The Morgan fingerprint density at radius 1 is 1.21 bits per heavy atom. The van der Waals surface area contributed by atoms with Crippen LogP contribution in [0, 0.1) is 0 Å². The molecular weight excluding hydrogens is 300 g/mol. The van der Waals surface area contributed by atoms with E-state index in [1.54, 1.807) is 0 Å². The minimum absolute atomic E-state index is 0.426. The van der Waals surface area contributed by atoms with Crippen LogP contribution in [-0.2, 0) is 4.74 Å². The van der Waals surface area contributed by atoms with Crippen molar-refractivity contribution in [1.82, 2.24) is 15.5 Å². The fourth-order valence-corrected chi connectivity index (χ4v) is 2.79. The van der Waals surface area contributed by atoms with E-state index in [1.165, 1.54) is 5.56 Å². The first kappa shape index (κ1) is 18.7. The highest BCUT2D eigenvalue weighted by atomic mass is 16.5. The van der Waals surface area contributed by atoms with E-state index >= 15 is 0 Å². The molecule has 5 heteroatoms. The zero-order valence-corrected chi connectivity index (χ0v) is 15.1. The predicted octanol–water partition coefficient (Wildman–Crippen LogP) is 2.07. The predicted molar refractivity (Wildman–Crippen MR) is 101 cm³/mol. The van der Waals surface area contributed by atoms with Gasteiger partial charge < -0.3 is 15.4 Å². The minimum atomic E-state index is 0.426. The summed E-state index contributed by atoms with van der Waals surface area (Å²) in [4.78, 5) is 7.20. The first-order chi connectivity index (χ1) is 11.8. The van der Waals surface area contributed by atoms with Crippen LogP contribution in [0.5, 0.6) is 0 Å². The van der Waals surface area contributed by atoms with Crippen molar-refractivity contribution >= 4 is 5.96 Å². The zero-order chi connectivity index (χ0) is 17.0. The molecule has 1 aliphatic rings. The van der Waals surface area contributed by atoms with Crippen molar-refractivity contribution in [3.63, 3.8) is 0 Å². The number of guanidine groups is 1. The maximum Gasteiger partial charge on any atom is 0.191 e. The lowest BCUT2D eigenvalue weighted by molar-refractivity contribution is 0.0376. The molecule has 1 atom stereocenters. The van der Waals surface area contributed by atoms with Crippen LogP contribution in [0.15, 0.2) is 35.3 Å². The molecule has 0 aliphatic carbocycles. The number of benzene rings is 1. The van der Waals surface area contributed by atoms with Gasteiger partial charge in [-0.2, -0.15) is 0 Å². The van der Waals surface area contributed by atoms with Gasteiger partial charge in [0.2, 0.25) is 0 Å². The number of hydrogen-bond acceptors (Lipinski definition) is 3. The van der Waals surface area contributed by atoms with Crippen LogP contribution in [-0.4, -0.2) is 63.3 Å². The first-order valence-corrected chi connectivity index (χ1v) is 9.17. The number of nitrogens with one attached hydrogen (secondary N) is 2. The van der Waals surface area contributed by atoms with Crippen molar-refractivity contribution in [3.8, 4) is 0 Å². The average Bonchev–Trinajstić information content (AvgIpc) is 2.64. The van der Waals surface area contributed by atoms with Gasteiger partial charge in [0.05, 0.1) is 13.2 Å². The minimum Gasteiger partial charge on any atom is -0.379 e. The second-order valence-electron chi connectivity index (χ2n) is 6.27. The molecule has 2 N–H and O–H groups in total. The molecule has 1 saturated heterocycles. The summed E-state index contributed by atoms with van der Waals surface area (Å²) in [5.41, 5.74) is 1.34. The van der Waals surface area contributed by atoms with Gasteiger partial charge >= 0.3 is 0 Å². The molecule has 1 unspecified atom stereocenters. The topological polar surface area (TPSA) is 48.9 Å². The van der Waals surface area contributed by atoms with Crippen molar-refractivity contribution in [3.05, 3.63) is 35.9 Å². The Kier molecular flexibility index (Phi) is 8.63. The second kappa shape index (κ2) is 11.0. The first-order valence-electron chi connectivity index (χ1n) is 9.17. The number of morpholine rings is 1. The highest BCUT2D eigenvalue weighted by molar-refractivity contribution is 5.79. The summed E-state index contributed by atoms with van der Waals surface area (Å²) in [6.07, 6.45) is 1.12. The van der Waals surface area contributed by atoms with Crippen molar-refractivity contribution in [2.24, 2.45) is 4.99 Å². The Labute approximate surface area is 146 Å². The van der Waals surface area contributed by atoms with Gasteiger partial charge in [-0.3, -0.25) is 9.89 Å². The SMILES string of the molecule is CCNC(=NCC(C)c1ccccc1)NCCCN1CCOCC1.